The van der Waals surface area contributed by atoms with E-state index in [9.17, 15) is 10.2 Å². The van der Waals surface area contributed by atoms with Gasteiger partial charge in [0.2, 0.25) is 0 Å². The molecule has 2 aromatic rings. The summed E-state index contributed by atoms with van der Waals surface area (Å²) in [4.78, 5) is 0. The van der Waals surface area contributed by atoms with Crippen LogP contribution in [0.1, 0.15) is 61.8 Å². The van der Waals surface area contributed by atoms with Gasteiger partial charge in [0.05, 0.1) is 0 Å². The highest BCUT2D eigenvalue weighted by Gasteiger charge is 2.07. The minimum atomic E-state index is 0.399. The zero-order valence-corrected chi connectivity index (χ0v) is 14.5. The molecule has 0 aliphatic heterocycles. The molecule has 0 unspecified atom stereocenters. The number of benzene rings is 2. The van der Waals surface area contributed by atoms with Crippen molar-refractivity contribution >= 4 is 0 Å². The van der Waals surface area contributed by atoms with Gasteiger partial charge < -0.3 is 10.2 Å². The molecule has 0 radical (unpaired) electrons. The van der Waals surface area contributed by atoms with Crippen molar-refractivity contribution in [1.82, 2.24) is 0 Å². The van der Waals surface area contributed by atoms with Gasteiger partial charge in [-0.05, 0) is 60.1 Å². The Balaban J connectivity index is 0.000000220. The van der Waals surface area contributed by atoms with E-state index in [4.69, 9.17) is 0 Å². The zero-order chi connectivity index (χ0) is 16.9. The summed E-state index contributed by atoms with van der Waals surface area (Å²) in [6, 6.07) is 11.4. The topological polar surface area (TPSA) is 40.5 Å². The van der Waals surface area contributed by atoms with Gasteiger partial charge in [-0.1, -0.05) is 52.0 Å². The van der Waals surface area contributed by atoms with Gasteiger partial charge in [-0.3, -0.25) is 0 Å². The van der Waals surface area contributed by atoms with Gasteiger partial charge in [0, 0.05) is 0 Å². The van der Waals surface area contributed by atoms with Crippen molar-refractivity contribution in [3.05, 3.63) is 58.7 Å². The second-order valence-electron chi connectivity index (χ2n) is 6.38. The van der Waals surface area contributed by atoms with Crippen LogP contribution in [0, 0.1) is 13.8 Å². The second kappa shape index (κ2) is 7.88. The number of phenolic OH excluding ortho intramolecular Hbond substituents is 2. The first-order valence-electron chi connectivity index (χ1n) is 7.82. The normalized spacial score (nSPS) is 10.5. The Kier molecular flexibility index (Phi) is 6.48. The van der Waals surface area contributed by atoms with Crippen molar-refractivity contribution in [2.24, 2.45) is 0 Å². The van der Waals surface area contributed by atoms with Gasteiger partial charge in [-0.25, -0.2) is 0 Å². The number of hydrogen-bond donors (Lipinski definition) is 2. The molecule has 2 N–H and O–H groups in total. The zero-order valence-electron chi connectivity index (χ0n) is 14.5. The van der Waals surface area contributed by atoms with Crippen LogP contribution in [-0.4, -0.2) is 10.2 Å². The molecule has 0 saturated heterocycles. The molecule has 0 aliphatic carbocycles. The third-order valence-corrected chi connectivity index (χ3v) is 3.69. The largest absolute Gasteiger partial charge is 0.508 e. The van der Waals surface area contributed by atoms with Crippen LogP contribution in [0.15, 0.2) is 36.4 Å². The fraction of sp³-hybridized carbons (Fsp3) is 0.400. The van der Waals surface area contributed by atoms with E-state index in [1.165, 1.54) is 5.56 Å². The average Bonchev–Trinajstić information content (AvgIpc) is 2.38. The highest BCUT2D eigenvalue weighted by Crippen LogP contribution is 2.28. The predicted octanol–water partition coefficient (Wildman–Crippen LogP) is 5.65. The lowest BCUT2D eigenvalue weighted by Gasteiger charge is -2.10. The molecular weight excluding hydrogens is 272 g/mol. The van der Waals surface area contributed by atoms with Gasteiger partial charge in [-0.2, -0.15) is 0 Å². The molecule has 2 aromatic carbocycles. The highest BCUT2D eigenvalue weighted by molar-refractivity contribution is 5.40. The summed E-state index contributed by atoms with van der Waals surface area (Å²) in [7, 11) is 0. The van der Waals surface area contributed by atoms with Gasteiger partial charge in [0.25, 0.3) is 0 Å². The number of hydrogen-bond acceptors (Lipinski definition) is 2. The maximum Gasteiger partial charge on any atom is 0.119 e. The van der Waals surface area contributed by atoms with Crippen LogP contribution in [-0.2, 0) is 0 Å². The lowest BCUT2D eigenvalue weighted by molar-refractivity contribution is 0.463. The van der Waals surface area contributed by atoms with E-state index in [2.05, 4.69) is 27.7 Å². The molecule has 0 atom stereocenters. The fourth-order valence-corrected chi connectivity index (χ4v) is 2.56. The summed E-state index contributed by atoms with van der Waals surface area (Å²) in [6.45, 7) is 12.3. The SMILES string of the molecule is Cc1ccc(C(C)C)c(O)c1.Cc1cccc(O)c1C(C)C. The molecule has 22 heavy (non-hydrogen) atoms. The fourth-order valence-electron chi connectivity index (χ4n) is 2.56. The summed E-state index contributed by atoms with van der Waals surface area (Å²) < 4.78 is 0. The quantitative estimate of drug-likeness (QED) is 0.752. The van der Waals surface area contributed by atoms with E-state index in [1.807, 2.05) is 38.1 Å². The van der Waals surface area contributed by atoms with Crippen LogP contribution in [0.2, 0.25) is 0 Å². The van der Waals surface area contributed by atoms with Crippen molar-refractivity contribution in [1.29, 1.82) is 0 Å². The molecule has 0 amide bonds. The van der Waals surface area contributed by atoms with Gasteiger partial charge in [-0.15, -0.1) is 0 Å². The van der Waals surface area contributed by atoms with Crippen molar-refractivity contribution in [3.63, 3.8) is 0 Å². The monoisotopic (exact) mass is 300 g/mol. The van der Waals surface area contributed by atoms with Gasteiger partial charge in [0.1, 0.15) is 11.5 Å². The van der Waals surface area contributed by atoms with Crippen LogP contribution in [0.4, 0.5) is 0 Å². The lowest BCUT2D eigenvalue weighted by atomic mass is 9.97. The Hall–Kier alpha value is -1.96. The molecule has 0 bridgehead atoms. The molecule has 0 fully saturated rings. The first kappa shape index (κ1) is 18.1. The molecule has 0 heterocycles. The summed E-state index contributed by atoms with van der Waals surface area (Å²) >= 11 is 0. The lowest BCUT2D eigenvalue weighted by Crippen LogP contribution is -1.91. The first-order chi connectivity index (χ1) is 10.2. The molecule has 0 spiro atoms. The summed E-state index contributed by atoms with van der Waals surface area (Å²) in [5.74, 6) is 1.63. The standard InChI is InChI=1S/2C10H14O/c1-7(2)9-5-4-8(3)6-10(9)11;1-7(2)10-8(3)5-4-6-9(10)11/h2*4-7,11H,1-3H3. The second-order valence-corrected chi connectivity index (χ2v) is 6.38. The van der Waals surface area contributed by atoms with Crippen LogP contribution >= 0.6 is 0 Å². The van der Waals surface area contributed by atoms with E-state index in [1.54, 1.807) is 12.1 Å². The molecule has 0 aromatic heterocycles. The van der Waals surface area contributed by atoms with Crippen LogP contribution in [0.3, 0.4) is 0 Å². The molecular formula is C20H28O2. The molecule has 0 aliphatic rings. The summed E-state index contributed by atoms with van der Waals surface area (Å²) in [6.07, 6.45) is 0. The Morgan fingerprint density at radius 3 is 1.82 bits per heavy atom. The van der Waals surface area contributed by atoms with Crippen LogP contribution in [0.5, 0.6) is 11.5 Å². The average molecular weight is 300 g/mol. The van der Waals surface area contributed by atoms with Crippen LogP contribution < -0.4 is 0 Å². The van der Waals surface area contributed by atoms with Crippen molar-refractivity contribution in [3.8, 4) is 11.5 Å². The van der Waals surface area contributed by atoms with E-state index in [0.29, 0.717) is 23.3 Å². The number of aryl methyl sites for hydroxylation is 2. The molecule has 0 saturated carbocycles. The number of phenols is 2. The Bertz CT molecular complexity index is 593. The van der Waals surface area contributed by atoms with Gasteiger partial charge >= 0.3 is 0 Å². The number of rotatable bonds is 2. The summed E-state index contributed by atoms with van der Waals surface area (Å²) in [5, 5.41) is 18.9. The first-order valence-corrected chi connectivity index (χ1v) is 7.82. The third-order valence-electron chi connectivity index (χ3n) is 3.69. The molecule has 2 rings (SSSR count). The predicted molar refractivity (Wildman–Crippen MR) is 93.9 cm³/mol. The molecule has 120 valence electrons. The van der Waals surface area contributed by atoms with Crippen molar-refractivity contribution < 1.29 is 10.2 Å². The number of aromatic hydroxyl groups is 2. The minimum Gasteiger partial charge on any atom is -0.508 e. The smallest absolute Gasteiger partial charge is 0.119 e. The highest BCUT2D eigenvalue weighted by atomic mass is 16.3. The Morgan fingerprint density at radius 1 is 0.773 bits per heavy atom. The maximum absolute atomic E-state index is 9.46. The summed E-state index contributed by atoms with van der Waals surface area (Å²) in [5.41, 5.74) is 4.36. The van der Waals surface area contributed by atoms with Crippen LogP contribution in [0.25, 0.3) is 0 Å². The molecule has 2 heteroatoms. The minimum absolute atomic E-state index is 0.399. The molecule has 2 nitrogen and oxygen atoms in total. The van der Waals surface area contributed by atoms with Crippen molar-refractivity contribution in [2.45, 2.75) is 53.4 Å². The maximum atomic E-state index is 9.46. The van der Waals surface area contributed by atoms with Gasteiger partial charge in [0.15, 0.2) is 0 Å². The van der Waals surface area contributed by atoms with E-state index in [0.717, 1.165) is 16.7 Å². The van der Waals surface area contributed by atoms with E-state index in [-0.39, 0.29) is 0 Å². The third kappa shape index (κ3) is 4.80. The van der Waals surface area contributed by atoms with Crippen molar-refractivity contribution in [2.75, 3.05) is 0 Å². The van der Waals surface area contributed by atoms with E-state index < -0.39 is 0 Å². The Labute approximate surface area is 134 Å². The van der Waals surface area contributed by atoms with E-state index >= 15 is 0 Å². The Morgan fingerprint density at radius 2 is 1.41 bits per heavy atom.